The summed E-state index contributed by atoms with van der Waals surface area (Å²) in [7, 11) is 3.28. The van der Waals surface area contributed by atoms with Gasteiger partial charge in [-0.25, -0.2) is 4.39 Å². The molecule has 12 heteroatoms. The first kappa shape index (κ1) is 34.7. The lowest BCUT2D eigenvalue weighted by atomic mass is 10.0. The van der Waals surface area contributed by atoms with Gasteiger partial charge in [0.1, 0.15) is 6.10 Å². The first-order valence-corrected chi connectivity index (χ1v) is 14.8. The van der Waals surface area contributed by atoms with Gasteiger partial charge in [-0.2, -0.15) is 0 Å². The highest BCUT2D eigenvalue weighted by atomic mass is 35.5. The van der Waals surface area contributed by atoms with E-state index >= 15 is 0 Å². The Hall–Kier alpha value is -4.77. The van der Waals surface area contributed by atoms with Crippen LogP contribution in [0.25, 0.3) is 11.1 Å². The maximum atomic E-state index is 14.9. The molecule has 3 N–H and O–H groups in total. The number of carbonyl (C=O) groups excluding carboxylic acids is 4. The van der Waals surface area contributed by atoms with E-state index in [-0.39, 0.29) is 41.7 Å². The lowest BCUT2D eigenvalue weighted by Gasteiger charge is -2.22. The Balaban J connectivity index is 1.70. The van der Waals surface area contributed by atoms with Crippen molar-refractivity contribution in [1.82, 2.24) is 9.88 Å². The number of amides is 3. The van der Waals surface area contributed by atoms with Crippen molar-refractivity contribution in [2.45, 2.75) is 45.1 Å². The number of allylic oxidation sites excluding steroid dienone is 2. The van der Waals surface area contributed by atoms with Crippen LogP contribution >= 0.6 is 11.6 Å². The first-order valence-electron chi connectivity index (χ1n) is 14.4. The number of hydrogen-bond acceptors (Lipinski definition) is 7. The Morgan fingerprint density at radius 1 is 1.13 bits per heavy atom. The summed E-state index contributed by atoms with van der Waals surface area (Å²) in [5, 5.41) is 8.32. The highest BCUT2D eigenvalue weighted by Crippen LogP contribution is 2.35. The van der Waals surface area contributed by atoms with Crippen LogP contribution in [0, 0.1) is 5.82 Å². The average Bonchev–Trinajstić information content (AvgIpc) is 3.02. The second kappa shape index (κ2) is 17.5. The molecule has 3 amide bonds. The first-order chi connectivity index (χ1) is 21.7. The van der Waals surface area contributed by atoms with Gasteiger partial charge in [0.15, 0.2) is 5.82 Å². The molecule has 0 spiro atoms. The normalized spacial score (nSPS) is 11.5. The van der Waals surface area contributed by atoms with Crippen molar-refractivity contribution in [2.24, 2.45) is 0 Å². The lowest BCUT2D eigenvalue weighted by molar-refractivity contribution is -0.135. The number of pyridine rings is 1. The van der Waals surface area contributed by atoms with Crippen molar-refractivity contribution in [3.8, 4) is 11.1 Å². The van der Waals surface area contributed by atoms with E-state index in [4.69, 9.17) is 16.3 Å². The molecule has 1 atom stereocenters. The maximum Gasteiger partial charge on any atom is 0.293 e. The summed E-state index contributed by atoms with van der Waals surface area (Å²) in [6.07, 6.45) is 6.63. The molecule has 0 aliphatic carbocycles. The van der Waals surface area contributed by atoms with E-state index in [9.17, 15) is 23.6 Å². The Kier molecular flexibility index (Phi) is 13.5. The van der Waals surface area contributed by atoms with Crippen LogP contribution in [0.1, 0.15) is 50.0 Å². The van der Waals surface area contributed by atoms with E-state index in [1.807, 2.05) is 19.1 Å². The largest absolute Gasteiger partial charge is 0.460 e. The second-order valence-corrected chi connectivity index (χ2v) is 10.5. The molecule has 1 unspecified atom stereocenters. The molecule has 0 saturated carbocycles. The summed E-state index contributed by atoms with van der Waals surface area (Å²) < 4.78 is 20.1. The summed E-state index contributed by atoms with van der Waals surface area (Å²) in [5.74, 6) is -1.04. The number of nitrogens with one attached hydrogen (secondary N) is 3. The highest BCUT2D eigenvalue weighted by Gasteiger charge is 2.23. The van der Waals surface area contributed by atoms with Crippen molar-refractivity contribution < 1.29 is 28.3 Å². The molecule has 0 radical (unpaired) electrons. The number of halogens is 2. The van der Waals surface area contributed by atoms with Crippen molar-refractivity contribution in [1.29, 1.82) is 0 Å². The molecule has 0 aliphatic heterocycles. The van der Waals surface area contributed by atoms with Crippen molar-refractivity contribution in [2.75, 3.05) is 36.6 Å². The minimum absolute atomic E-state index is 0.0151. The Labute approximate surface area is 267 Å². The Morgan fingerprint density at radius 2 is 1.93 bits per heavy atom. The summed E-state index contributed by atoms with van der Waals surface area (Å²) in [4.78, 5) is 53.8. The van der Waals surface area contributed by atoms with Gasteiger partial charge in [0.05, 0.1) is 28.4 Å². The number of ether oxygens (including phenoxy) is 1. The fourth-order valence-electron chi connectivity index (χ4n) is 4.77. The van der Waals surface area contributed by atoms with E-state index < -0.39 is 11.9 Å². The van der Waals surface area contributed by atoms with E-state index in [0.717, 1.165) is 5.56 Å². The summed E-state index contributed by atoms with van der Waals surface area (Å²) >= 11 is 5.97. The van der Waals surface area contributed by atoms with Crippen LogP contribution in [0.5, 0.6) is 0 Å². The number of rotatable bonds is 17. The monoisotopic (exact) mass is 637 g/mol. The van der Waals surface area contributed by atoms with Gasteiger partial charge < -0.3 is 25.6 Å². The van der Waals surface area contributed by atoms with Gasteiger partial charge in [0.25, 0.3) is 6.47 Å². The number of hydrogen-bond donors (Lipinski definition) is 3. The number of anilines is 3. The predicted octanol–water partition coefficient (Wildman–Crippen LogP) is 6.14. The third-order valence-corrected chi connectivity index (χ3v) is 7.37. The standard InChI is InChI=1S/C33H37ClFN5O5/c1-4-5-6-9-30(43)39-28-18-23(38-20-41)10-11-25(28)22-14-15-37-24(17-22)19-31(44)40(3)16-7-8-29(45-21-42)32-27(36-2)13-12-26(34)33(32)35/h4-5,10-15,17-18,20-21,29,36H,6-9,16,19H2,1-3H3,(H,38,41)(H,39,43)/b5-4+. The van der Waals surface area contributed by atoms with Gasteiger partial charge in [-0.05, 0) is 68.1 Å². The van der Waals surface area contributed by atoms with E-state index in [0.29, 0.717) is 60.5 Å². The van der Waals surface area contributed by atoms with Gasteiger partial charge in [0.2, 0.25) is 18.2 Å². The number of likely N-dealkylation sites (N-methyl/N-ethyl adjacent to an activating group) is 1. The zero-order valence-corrected chi connectivity index (χ0v) is 26.2. The average molecular weight is 638 g/mol. The van der Waals surface area contributed by atoms with Gasteiger partial charge in [-0.15, -0.1) is 0 Å². The van der Waals surface area contributed by atoms with E-state index in [1.54, 1.807) is 56.7 Å². The molecule has 238 valence electrons. The molecule has 0 saturated heterocycles. The van der Waals surface area contributed by atoms with E-state index in [1.165, 1.54) is 11.0 Å². The Bertz CT molecular complexity index is 1530. The van der Waals surface area contributed by atoms with Crippen molar-refractivity contribution in [3.05, 3.63) is 82.9 Å². The summed E-state index contributed by atoms with van der Waals surface area (Å²) in [6, 6.07) is 11.7. The molecule has 0 bridgehead atoms. The number of benzene rings is 2. The second-order valence-electron chi connectivity index (χ2n) is 10.1. The highest BCUT2D eigenvalue weighted by molar-refractivity contribution is 6.30. The number of nitrogens with zero attached hydrogens (tertiary/aromatic N) is 2. The zero-order valence-electron chi connectivity index (χ0n) is 25.4. The Morgan fingerprint density at radius 3 is 2.64 bits per heavy atom. The van der Waals surface area contributed by atoms with Crippen LogP contribution in [0.2, 0.25) is 5.02 Å². The fraction of sp³-hybridized carbons (Fsp3) is 0.303. The molecule has 3 aromatic rings. The SMILES string of the molecule is C/C=C/CCC(=O)Nc1cc(NC=O)ccc1-c1ccnc(CC(=O)N(C)CCCC(OC=O)c2c(NC)ccc(Cl)c2F)c1. The molecular formula is C33H37ClFN5O5. The third-order valence-electron chi connectivity index (χ3n) is 7.08. The van der Waals surface area contributed by atoms with Crippen LogP contribution in [-0.2, 0) is 30.3 Å². The van der Waals surface area contributed by atoms with Crippen LogP contribution < -0.4 is 16.0 Å². The predicted molar refractivity (Wildman–Crippen MR) is 173 cm³/mol. The van der Waals surface area contributed by atoms with E-state index in [2.05, 4.69) is 20.9 Å². The quantitative estimate of drug-likeness (QED) is 0.120. The van der Waals surface area contributed by atoms with Gasteiger partial charge in [-0.3, -0.25) is 24.2 Å². The molecule has 1 aromatic heterocycles. The molecular weight excluding hydrogens is 601 g/mol. The van der Waals surface area contributed by atoms with Crippen LogP contribution in [0.4, 0.5) is 21.5 Å². The molecule has 45 heavy (non-hydrogen) atoms. The topological polar surface area (TPSA) is 130 Å². The smallest absolute Gasteiger partial charge is 0.293 e. The molecule has 3 rings (SSSR count). The molecule has 0 aliphatic rings. The maximum absolute atomic E-state index is 14.9. The molecule has 10 nitrogen and oxygen atoms in total. The zero-order chi connectivity index (χ0) is 32.8. The molecule has 2 aromatic carbocycles. The van der Waals surface area contributed by atoms with Crippen molar-refractivity contribution >= 4 is 53.4 Å². The van der Waals surface area contributed by atoms with Gasteiger partial charge >= 0.3 is 0 Å². The van der Waals surface area contributed by atoms with Crippen molar-refractivity contribution in [3.63, 3.8) is 0 Å². The molecule has 1 heterocycles. The summed E-state index contributed by atoms with van der Waals surface area (Å²) in [6.45, 7) is 2.48. The summed E-state index contributed by atoms with van der Waals surface area (Å²) in [5.41, 5.74) is 3.58. The third kappa shape index (κ3) is 9.87. The van der Waals surface area contributed by atoms with Crippen LogP contribution in [-0.4, -0.2) is 55.2 Å². The number of aromatic nitrogens is 1. The van der Waals surface area contributed by atoms with Crippen LogP contribution in [0.15, 0.2) is 60.8 Å². The minimum Gasteiger partial charge on any atom is -0.460 e. The molecule has 0 fully saturated rings. The minimum atomic E-state index is -0.892. The number of carbonyl (C=O) groups is 4. The van der Waals surface area contributed by atoms with Gasteiger partial charge in [0, 0.05) is 50.2 Å². The fourth-order valence-corrected chi connectivity index (χ4v) is 4.93. The lowest BCUT2D eigenvalue weighted by Crippen LogP contribution is -2.29. The van der Waals surface area contributed by atoms with Gasteiger partial charge in [-0.1, -0.05) is 29.8 Å². The van der Waals surface area contributed by atoms with Crippen LogP contribution in [0.3, 0.4) is 0 Å².